The number of rotatable bonds is 3. The standard InChI is InChI=1S/C20H21NO3/c1-14-8-10-15(11-9-14)13-19(22)21-12-4-6-16-17(20(23)24-2)5-3-7-18(16)21/h3,5,7-11H,4,6,12-13H2,1-2H3. The summed E-state index contributed by atoms with van der Waals surface area (Å²) < 4.78 is 4.86. The van der Waals surface area contributed by atoms with Crippen LogP contribution in [0, 0.1) is 6.92 Å². The number of carbonyl (C=O) groups excluding carboxylic acids is 2. The van der Waals surface area contributed by atoms with Crippen LogP contribution in [0.15, 0.2) is 42.5 Å². The molecule has 2 aromatic rings. The van der Waals surface area contributed by atoms with Gasteiger partial charge in [-0.2, -0.15) is 0 Å². The number of anilines is 1. The van der Waals surface area contributed by atoms with E-state index in [2.05, 4.69) is 0 Å². The van der Waals surface area contributed by atoms with Crippen LogP contribution in [0.25, 0.3) is 0 Å². The fourth-order valence-electron chi connectivity index (χ4n) is 3.16. The molecule has 0 aromatic heterocycles. The molecule has 0 aliphatic carbocycles. The minimum absolute atomic E-state index is 0.0572. The maximum Gasteiger partial charge on any atom is 0.338 e. The number of ether oxygens (including phenoxy) is 1. The van der Waals surface area contributed by atoms with E-state index in [0.29, 0.717) is 18.5 Å². The number of nitrogens with zero attached hydrogens (tertiary/aromatic N) is 1. The Morgan fingerprint density at radius 3 is 2.58 bits per heavy atom. The molecular formula is C20H21NO3. The van der Waals surface area contributed by atoms with Gasteiger partial charge in [0.05, 0.1) is 19.1 Å². The van der Waals surface area contributed by atoms with E-state index >= 15 is 0 Å². The second kappa shape index (κ2) is 6.87. The molecule has 0 saturated carbocycles. The molecule has 24 heavy (non-hydrogen) atoms. The Balaban J connectivity index is 1.87. The Morgan fingerprint density at radius 1 is 1.12 bits per heavy atom. The number of aryl methyl sites for hydroxylation is 1. The molecule has 0 bridgehead atoms. The lowest BCUT2D eigenvalue weighted by Crippen LogP contribution is -2.37. The second-order valence-corrected chi connectivity index (χ2v) is 6.11. The van der Waals surface area contributed by atoms with Gasteiger partial charge >= 0.3 is 5.97 Å². The number of amides is 1. The summed E-state index contributed by atoms with van der Waals surface area (Å²) in [6.45, 7) is 2.71. The van der Waals surface area contributed by atoms with Crippen molar-refractivity contribution in [3.8, 4) is 0 Å². The van der Waals surface area contributed by atoms with Crippen LogP contribution < -0.4 is 4.90 Å². The van der Waals surface area contributed by atoms with E-state index in [4.69, 9.17) is 4.74 Å². The zero-order chi connectivity index (χ0) is 17.1. The molecule has 0 atom stereocenters. The van der Waals surface area contributed by atoms with Gasteiger partial charge in [0.15, 0.2) is 0 Å². The molecule has 4 heteroatoms. The number of fused-ring (bicyclic) bond motifs is 1. The fraction of sp³-hybridized carbons (Fsp3) is 0.300. The quantitative estimate of drug-likeness (QED) is 0.814. The third-order valence-corrected chi connectivity index (χ3v) is 4.43. The summed E-state index contributed by atoms with van der Waals surface area (Å²) in [6, 6.07) is 13.5. The van der Waals surface area contributed by atoms with Gasteiger partial charge < -0.3 is 9.64 Å². The van der Waals surface area contributed by atoms with Crippen LogP contribution in [-0.2, 0) is 22.4 Å². The van der Waals surface area contributed by atoms with E-state index in [9.17, 15) is 9.59 Å². The highest BCUT2D eigenvalue weighted by Gasteiger charge is 2.26. The molecule has 2 aromatic carbocycles. The highest BCUT2D eigenvalue weighted by molar-refractivity contribution is 5.99. The molecule has 0 radical (unpaired) electrons. The van der Waals surface area contributed by atoms with E-state index in [0.717, 1.165) is 29.7 Å². The summed E-state index contributed by atoms with van der Waals surface area (Å²) in [5.74, 6) is -0.290. The van der Waals surface area contributed by atoms with Crippen molar-refractivity contribution in [1.82, 2.24) is 0 Å². The molecule has 0 saturated heterocycles. The SMILES string of the molecule is COC(=O)c1cccc2c1CCCN2C(=O)Cc1ccc(C)cc1. The average Bonchev–Trinajstić information content (AvgIpc) is 2.61. The molecule has 0 N–H and O–H groups in total. The van der Waals surface area contributed by atoms with Crippen LogP contribution in [0.3, 0.4) is 0 Å². The summed E-state index contributed by atoms with van der Waals surface area (Å²) >= 11 is 0. The van der Waals surface area contributed by atoms with Crippen molar-refractivity contribution < 1.29 is 14.3 Å². The zero-order valence-electron chi connectivity index (χ0n) is 14.0. The summed E-state index contributed by atoms with van der Waals surface area (Å²) in [7, 11) is 1.38. The van der Waals surface area contributed by atoms with E-state index in [1.54, 1.807) is 11.0 Å². The number of methoxy groups -OCH3 is 1. The largest absolute Gasteiger partial charge is 0.465 e. The topological polar surface area (TPSA) is 46.6 Å². The molecule has 1 amide bonds. The van der Waals surface area contributed by atoms with Crippen molar-refractivity contribution >= 4 is 17.6 Å². The lowest BCUT2D eigenvalue weighted by Gasteiger charge is -2.30. The Bertz CT molecular complexity index is 765. The van der Waals surface area contributed by atoms with E-state index in [1.165, 1.54) is 12.7 Å². The summed E-state index contributed by atoms with van der Waals surface area (Å²) in [5.41, 5.74) is 4.48. The highest BCUT2D eigenvalue weighted by atomic mass is 16.5. The van der Waals surface area contributed by atoms with E-state index < -0.39 is 0 Å². The first-order chi connectivity index (χ1) is 11.6. The van der Waals surface area contributed by atoms with Gasteiger partial charge in [0.2, 0.25) is 5.91 Å². The van der Waals surface area contributed by atoms with Gasteiger partial charge in [0.25, 0.3) is 0 Å². The molecule has 3 rings (SSSR count). The Kier molecular flexibility index (Phi) is 4.65. The Labute approximate surface area is 142 Å². The minimum Gasteiger partial charge on any atom is -0.465 e. The lowest BCUT2D eigenvalue weighted by molar-refractivity contribution is -0.118. The molecule has 1 aliphatic heterocycles. The van der Waals surface area contributed by atoms with Crippen molar-refractivity contribution in [2.45, 2.75) is 26.2 Å². The molecule has 4 nitrogen and oxygen atoms in total. The predicted molar refractivity (Wildman–Crippen MR) is 93.3 cm³/mol. The molecule has 0 unspecified atom stereocenters. The van der Waals surface area contributed by atoms with Crippen molar-refractivity contribution in [3.05, 3.63) is 64.7 Å². The number of esters is 1. The van der Waals surface area contributed by atoms with Crippen LogP contribution in [0.5, 0.6) is 0 Å². The van der Waals surface area contributed by atoms with Gasteiger partial charge in [-0.05, 0) is 43.0 Å². The minimum atomic E-state index is -0.348. The van der Waals surface area contributed by atoms with Crippen LogP contribution in [0.1, 0.15) is 33.5 Å². The molecular weight excluding hydrogens is 302 g/mol. The van der Waals surface area contributed by atoms with Crippen LogP contribution in [0.2, 0.25) is 0 Å². The smallest absolute Gasteiger partial charge is 0.338 e. The number of benzene rings is 2. The van der Waals surface area contributed by atoms with Crippen molar-refractivity contribution in [1.29, 1.82) is 0 Å². The van der Waals surface area contributed by atoms with Gasteiger partial charge in [0, 0.05) is 12.2 Å². The molecule has 0 fully saturated rings. The maximum atomic E-state index is 12.8. The van der Waals surface area contributed by atoms with Gasteiger partial charge in [0.1, 0.15) is 0 Å². The summed E-state index contributed by atoms with van der Waals surface area (Å²) in [6.07, 6.45) is 2.00. The average molecular weight is 323 g/mol. The summed E-state index contributed by atoms with van der Waals surface area (Å²) in [5, 5.41) is 0. The molecule has 0 spiro atoms. The van der Waals surface area contributed by atoms with E-state index in [-0.39, 0.29) is 11.9 Å². The van der Waals surface area contributed by atoms with Crippen LogP contribution in [-0.4, -0.2) is 25.5 Å². The van der Waals surface area contributed by atoms with Gasteiger partial charge in [-0.3, -0.25) is 4.79 Å². The monoisotopic (exact) mass is 323 g/mol. The normalized spacial score (nSPS) is 13.3. The van der Waals surface area contributed by atoms with Gasteiger partial charge in [-0.15, -0.1) is 0 Å². The number of carbonyl (C=O) groups is 2. The number of hydrogen-bond acceptors (Lipinski definition) is 3. The second-order valence-electron chi connectivity index (χ2n) is 6.11. The third-order valence-electron chi connectivity index (χ3n) is 4.43. The first-order valence-electron chi connectivity index (χ1n) is 8.16. The third kappa shape index (κ3) is 3.18. The van der Waals surface area contributed by atoms with Crippen molar-refractivity contribution in [2.24, 2.45) is 0 Å². The first-order valence-corrected chi connectivity index (χ1v) is 8.16. The van der Waals surface area contributed by atoms with Crippen LogP contribution in [0.4, 0.5) is 5.69 Å². The zero-order valence-corrected chi connectivity index (χ0v) is 14.0. The molecule has 124 valence electrons. The Hall–Kier alpha value is -2.62. The lowest BCUT2D eigenvalue weighted by atomic mass is 9.95. The van der Waals surface area contributed by atoms with Gasteiger partial charge in [-0.25, -0.2) is 4.79 Å². The predicted octanol–water partition coefficient (Wildman–Crippen LogP) is 3.30. The molecule has 1 aliphatic rings. The fourth-order valence-corrected chi connectivity index (χ4v) is 3.16. The first kappa shape index (κ1) is 16.2. The molecule has 1 heterocycles. The summed E-state index contributed by atoms with van der Waals surface area (Å²) in [4.78, 5) is 26.5. The number of hydrogen-bond donors (Lipinski definition) is 0. The highest BCUT2D eigenvalue weighted by Crippen LogP contribution is 2.30. The van der Waals surface area contributed by atoms with Gasteiger partial charge in [-0.1, -0.05) is 35.9 Å². The van der Waals surface area contributed by atoms with Crippen molar-refractivity contribution in [3.63, 3.8) is 0 Å². The maximum absolute atomic E-state index is 12.8. The van der Waals surface area contributed by atoms with Crippen molar-refractivity contribution in [2.75, 3.05) is 18.6 Å². The van der Waals surface area contributed by atoms with Crippen LogP contribution >= 0.6 is 0 Å². The van der Waals surface area contributed by atoms with E-state index in [1.807, 2.05) is 43.3 Å². The Morgan fingerprint density at radius 2 is 1.88 bits per heavy atom.